The lowest BCUT2D eigenvalue weighted by Crippen LogP contribution is -2.34. The summed E-state index contributed by atoms with van der Waals surface area (Å²) in [6, 6.07) is -0.204. The highest BCUT2D eigenvalue weighted by atomic mass is 16.2. The van der Waals surface area contributed by atoms with Gasteiger partial charge in [0, 0.05) is 6.54 Å². The topological polar surface area (TPSA) is 82.7 Å². The van der Waals surface area contributed by atoms with E-state index in [0.29, 0.717) is 18.9 Å². The van der Waals surface area contributed by atoms with Gasteiger partial charge in [-0.05, 0) is 13.8 Å². The van der Waals surface area contributed by atoms with Crippen LogP contribution in [0.5, 0.6) is 0 Å². The second kappa shape index (κ2) is 4.44. The Labute approximate surface area is 76.1 Å². The van der Waals surface area contributed by atoms with Crippen LogP contribution in [0.15, 0.2) is 0 Å². The number of amides is 2. The molecule has 0 spiro atoms. The summed E-state index contributed by atoms with van der Waals surface area (Å²) in [6.45, 7) is 4.62. The first-order chi connectivity index (χ1) is 6.22. The largest absolute Gasteiger partial charge is 0.338 e. The molecule has 0 aliphatic rings. The number of carbonyl (C=O) groups is 1. The van der Waals surface area contributed by atoms with Gasteiger partial charge in [-0.25, -0.2) is 9.78 Å². The third kappa shape index (κ3) is 3.10. The van der Waals surface area contributed by atoms with Crippen LogP contribution in [0.3, 0.4) is 0 Å². The Hall–Kier alpha value is -1.59. The predicted octanol–water partition coefficient (Wildman–Crippen LogP) is -0.0678. The van der Waals surface area contributed by atoms with E-state index < -0.39 is 0 Å². The van der Waals surface area contributed by atoms with Crippen molar-refractivity contribution in [2.75, 3.05) is 6.54 Å². The molecule has 0 aliphatic heterocycles. The molecule has 0 radical (unpaired) electrons. The lowest BCUT2D eigenvalue weighted by atomic mass is 10.6. The number of rotatable bonds is 3. The van der Waals surface area contributed by atoms with Crippen molar-refractivity contribution in [2.45, 2.75) is 20.4 Å². The number of nitrogens with zero attached hydrogens (tertiary/aromatic N) is 2. The van der Waals surface area contributed by atoms with Crippen LogP contribution in [0.1, 0.15) is 18.6 Å². The maximum absolute atomic E-state index is 10.9. The molecule has 6 heteroatoms. The summed E-state index contributed by atoms with van der Waals surface area (Å²) < 4.78 is 0. The van der Waals surface area contributed by atoms with E-state index in [4.69, 9.17) is 0 Å². The molecule has 3 N–H and O–H groups in total. The van der Waals surface area contributed by atoms with E-state index in [9.17, 15) is 4.79 Å². The second-order valence-electron chi connectivity index (χ2n) is 2.55. The Balaban J connectivity index is 2.30. The Morgan fingerprint density at radius 1 is 1.54 bits per heavy atom. The molecule has 72 valence electrons. The summed E-state index contributed by atoms with van der Waals surface area (Å²) in [6.07, 6.45) is 0. The van der Waals surface area contributed by atoms with Crippen molar-refractivity contribution in [3.63, 3.8) is 0 Å². The number of H-pyrrole nitrogens is 1. The van der Waals surface area contributed by atoms with Gasteiger partial charge in [0.05, 0.1) is 6.54 Å². The highest BCUT2D eigenvalue weighted by molar-refractivity contribution is 5.73. The number of urea groups is 1. The van der Waals surface area contributed by atoms with Crippen LogP contribution in [-0.4, -0.2) is 27.8 Å². The Morgan fingerprint density at radius 3 is 2.85 bits per heavy atom. The summed E-state index contributed by atoms with van der Waals surface area (Å²) in [7, 11) is 0. The number of hydrogen-bond acceptors (Lipinski definition) is 3. The fourth-order valence-corrected chi connectivity index (χ4v) is 0.850. The van der Waals surface area contributed by atoms with Gasteiger partial charge in [-0.1, -0.05) is 0 Å². The molecule has 2 amide bonds. The van der Waals surface area contributed by atoms with Gasteiger partial charge >= 0.3 is 6.03 Å². The Bertz CT molecular complexity index is 282. The maximum Gasteiger partial charge on any atom is 0.315 e. The van der Waals surface area contributed by atoms with E-state index in [0.717, 1.165) is 5.82 Å². The van der Waals surface area contributed by atoms with Gasteiger partial charge in [-0.15, -0.1) is 0 Å². The molecular formula is C7H13N5O. The molecule has 0 saturated heterocycles. The third-order valence-electron chi connectivity index (χ3n) is 1.39. The molecule has 0 aromatic carbocycles. The smallest absolute Gasteiger partial charge is 0.315 e. The van der Waals surface area contributed by atoms with Crippen molar-refractivity contribution in [3.05, 3.63) is 11.6 Å². The summed E-state index contributed by atoms with van der Waals surface area (Å²) in [5.41, 5.74) is 0. The van der Waals surface area contributed by atoms with E-state index in [1.807, 2.05) is 13.8 Å². The van der Waals surface area contributed by atoms with E-state index >= 15 is 0 Å². The van der Waals surface area contributed by atoms with E-state index in [1.165, 1.54) is 0 Å². The molecule has 1 aromatic heterocycles. The summed E-state index contributed by atoms with van der Waals surface area (Å²) in [5.74, 6) is 1.33. The van der Waals surface area contributed by atoms with Crippen LogP contribution in [0, 0.1) is 6.92 Å². The fraction of sp³-hybridized carbons (Fsp3) is 0.571. The van der Waals surface area contributed by atoms with Crippen molar-refractivity contribution in [3.8, 4) is 0 Å². The Morgan fingerprint density at radius 2 is 2.31 bits per heavy atom. The number of carbonyl (C=O) groups excluding carboxylic acids is 1. The molecule has 0 fully saturated rings. The molecule has 0 atom stereocenters. The van der Waals surface area contributed by atoms with Gasteiger partial charge < -0.3 is 10.6 Å². The van der Waals surface area contributed by atoms with Gasteiger partial charge in [0.15, 0.2) is 5.82 Å². The second-order valence-corrected chi connectivity index (χ2v) is 2.55. The minimum Gasteiger partial charge on any atom is -0.338 e. The zero-order chi connectivity index (χ0) is 9.68. The van der Waals surface area contributed by atoms with Gasteiger partial charge in [0.2, 0.25) is 0 Å². The highest BCUT2D eigenvalue weighted by Crippen LogP contribution is 1.88. The lowest BCUT2D eigenvalue weighted by molar-refractivity contribution is 0.241. The standard InChI is InChI=1S/C7H13N5O/c1-3-8-7(13)9-4-6-10-5(2)11-12-6/h3-4H2,1-2H3,(H2,8,9,13)(H,10,11,12). The van der Waals surface area contributed by atoms with Crippen molar-refractivity contribution in [1.82, 2.24) is 25.8 Å². The van der Waals surface area contributed by atoms with Crippen LogP contribution in [0.4, 0.5) is 4.79 Å². The predicted molar refractivity (Wildman–Crippen MR) is 47.0 cm³/mol. The molecule has 13 heavy (non-hydrogen) atoms. The van der Waals surface area contributed by atoms with Crippen molar-refractivity contribution < 1.29 is 4.79 Å². The minimum atomic E-state index is -0.204. The first-order valence-electron chi connectivity index (χ1n) is 4.12. The number of aryl methyl sites for hydroxylation is 1. The van der Waals surface area contributed by atoms with Gasteiger partial charge in [-0.3, -0.25) is 5.10 Å². The van der Waals surface area contributed by atoms with Crippen LogP contribution >= 0.6 is 0 Å². The molecule has 0 aliphatic carbocycles. The van der Waals surface area contributed by atoms with Gasteiger partial charge in [0.1, 0.15) is 5.82 Å². The monoisotopic (exact) mass is 183 g/mol. The third-order valence-corrected chi connectivity index (χ3v) is 1.39. The lowest BCUT2D eigenvalue weighted by Gasteiger charge is -2.01. The van der Waals surface area contributed by atoms with Crippen LogP contribution in [0.25, 0.3) is 0 Å². The molecule has 0 bridgehead atoms. The Kier molecular flexibility index (Phi) is 3.24. The number of aromatic amines is 1. The number of hydrogen-bond donors (Lipinski definition) is 3. The normalized spacial score (nSPS) is 9.69. The maximum atomic E-state index is 10.9. The summed E-state index contributed by atoms with van der Waals surface area (Å²) >= 11 is 0. The first kappa shape index (κ1) is 9.50. The molecule has 1 heterocycles. The average molecular weight is 183 g/mol. The highest BCUT2D eigenvalue weighted by Gasteiger charge is 2.01. The quantitative estimate of drug-likeness (QED) is 0.613. The zero-order valence-corrected chi connectivity index (χ0v) is 7.72. The van der Waals surface area contributed by atoms with Crippen LogP contribution in [0.2, 0.25) is 0 Å². The minimum absolute atomic E-state index is 0.204. The first-order valence-corrected chi connectivity index (χ1v) is 4.12. The molecular weight excluding hydrogens is 170 g/mol. The molecule has 6 nitrogen and oxygen atoms in total. The van der Waals surface area contributed by atoms with E-state index in [1.54, 1.807) is 0 Å². The molecule has 1 rings (SSSR count). The van der Waals surface area contributed by atoms with Crippen LogP contribution in [-0.2, 0) is 6.54 Å². The SMILES string of the molecule is CCNC(=O)NCc1n[nH]c(C)n1. The van der Waals surface area contributed by atoms with Gasteiger partial charge in [0.25, 0.3) is 0 Å². The van der Waals surface area contributed by atoms with E-state index in [-0.39, 0.29) is 6.03 Å². The summed E-state index contributed by atoms with van der Waals surface area (Å²) in [5, 5.41) is 11.8. The summed E-state index contributed by atoms with van der Waals surface area (Å²) in [4.78, 5) is 15.0. The zero-order valence-electron chi connectivity index (χ0n) is 7.72. The van der Waals surface area contributed by atoms with Crippen molar-refractivity contribution >= 4 is 6.03 Å². The number of aromatic nitrogens is 3. The van der Waals surface area contributed by atoms with E-state index in [2.05, 4.69) is 25.8 Å². The molecule has 0 saturated carbocycles. The molecule has 0 unspecified atom stereocenters. The van der Waals surface area contributed by atoms with Crippen molar-refractivity contribution in [1.29, 1.82) is 0 Å². The average Bonchev–Trinajstić information content (AvgIpc) is 2.49. The van der Waals surface area contributed by atoms with Crippen LogP contribution < -0.4 is 10.6 Å². The van der Waals surface area contributed by atoms with Gasteiger partial charge in [-0.2, -0.15) is 5.10 Å². The number of nitrogens with one attached hydrogen (secondary N) is 3. The van der Waals surface area contributed by atoms with Crippen molar-refractivity contribution in [2.24, 2.45) is 0 Å². The molecule has 1 aromatic rings. The fourth-order valence-electron chi connectivity index (χ4n) is 0.850.